The first kappa shape index (κ1) is 25.6. The fraction of sp³-hybridized carbons (Fsp3) is 0.185. The number of benzene rings is 2. The summed E-state index contributed by atoms with van der Waals surface area (Å²) in [4.78, 5) is 21.9. The molecule has 4 N–H and O–H groups in total. The predicted molar refractivity (Wildman–Crippen MR) is 149 cm³/mol. The summed E-state index contributed by atoms with van der Waals surface area (Å²) in [6.45, 7) is 3.45. The third-order valence-electron chi connectivity index (χ3n) is 5.59. The molecule has 37 heavy (non-hydrogen) atoms. The number of aliphatic imine (C=N–C) groups is 1. The first-order chi connectivity index (χ1) is 18.1. The Morgan fingerprint density at radius 3 is 2.84 bits per heavy atom. The number of carbonyl (C=O) groups excluding carboxylic acids is 1. The van der Waals surface area contributed by atoms with Gasteiger partial charge in [-0.15, -0.1) is 16.3 Å². The largest absolute Gasteiger partial charge is 0.383 e. The molecule has 2 aromatic heterocycles. The Morgan fingerprint density at radius 2 is 2.00 bits per heavy atom. The molecule has 0 aliphatic rings. The Morgan fingerprint density at radius 1 is 1.14 bits per heavy atom. The summed E-state index contributed by atoms with van der Waals surface area (Å²) in [7, 11) is 1.60. The molecule has 0 saturated carbocycles. The molecule has 0 unspecified atom stereocenters. The molecule has 4 rings (SSSR count). The second kappa shape index (κ2) is 12.5. The van der Waals surface area contributed by atoms with Crippen LogP contribution in [0.4, 0.5) is 17.1 Å². The molecular formula is C27H27N7O2S. The highest BCUT2D eigenvalue weighted by atomic mass is 32.1. The lowest BCUT2D eigenvalue weighted by molar-refractivity contribution is 0.103. The van der Waals surface area contributed by atoms with E-state index in [1.54, 1.807) is 19.5 Å². The van der Waals surface area contributed by atoms with Crippen molar-refractivity contribution in [1.29, 1.82) is 5.26 Å². The predicted octanol–water partition coefficient (Wildman–Crippen LogP) is 4.95. The molecule has 0 aliphatic carbocycles. The summed E-state index contributed by atoms with van der Waals surface area (Å²) in [6.07, 6.45) is 3.58. The number of aromatic nitrogens is 1. The van der Waals surface area contributed by atoms with Crippen LogP contribution >= 0.6 is 11.3 Å². The van der Waals surface area contributed by atoms with Crippen molar-refractivity contribution in [3.63, 3.8) is 0 Å². The molecule has 9 nitrogen and oxygen atoms in total. The number of nitrogens with one attached hydrogen (secondary N) is 4. The average Bonchev–Trinajstić information content (AvgIpc) is 3.38. The van der Waals surface area contributed by atoms with Crippen molar-refractivity contribution >= 4 is 51.2 Å². The maximum Gasteiger partial charge on any atom is 0.267 e. The average molecular weight is 514 g/mol. The molecule has 0 aliphatic heterocycles. The fourth-order valence-electron chi connectivity index (χ4n) is 3.71. The third-order valence-corrected chi connectivity index (χ3v) is 6.50. The van der Waals surface area contributed by atoms with Crippen molar-refractivity contribution in [2.45, 2.75) is 13.5 Å². The van der Waals surface area contributed by atoms with E-state index < -0.39 is 0 Å². The van der Waals surface area contributed by atoms with Gasteiger partial charge in [0.25, 0.3) is 5.91 Å². The van der Waals surface area contributed by atoms with Gasteiger partial charge in [-0.3, -0.25) is 9.78 Å². The van der Waals surface area contributed by atoms with Crippen LogP contribution in [0, 0.1) is 18.4 Å². The van der Waals surface area contributed by atoms with E-state index in [0.29, 0.717) is 41.9 Å². The summed E-state index contributed by atoms with van der Waals surface area (Å²) in [5.41, 5.74) is 5.06. The van der Waals surface area contributed by atoms with Gasteiger partial charge in [0.15, 0.2) is 0 Å². The molecule has 2 heterocycles. The topological polar surface area (TPSA) is 123 Å². The van der Waals surface area contributed by atoms with Crippen LogP contribution < -0.4 is 21.3 Å². The number of hydrogen-bond donors (Lipinski definition) is 4. The van der Waals surface area contributed by atoms with Crippen molar-refractivity contribution in [2.75, 3.05) is 36.2 Å². The molecule has 2 aromatic carbocycles. The number of aryl methyl sites for hydroxylation is 1. The fourth-order valence-corrected chi connectivity index (χ4v) is 4.47. The van der Waals surface area contributed by atoms with Crippen LogP contribution in [0.5, 0.6) is 0 Å². The van der Waals surface area contributed by atoms with Gasteiger partial charge in [0.2, 0.25) is 12.2 Å². The highest BCUT2D eigenvalue weighted by Gasteiger charge is 2.15. The molecule has 0 saturated heterocycles. The van der Waals surface area contributed by atoms with Crippen LogP contribution in [0.3, 0.4) is 0 Å². The van der Waals surface area contributed by atoms with Crippen molar-refractivity contribution in [3.8, 4) is 6.19 Å². The molecule has 0 spiro atoms. The zero-order chi connectivity index (χ0) is 26.0. The standard InChI is InChI=1S/C27H27N7O2S/c1-18-7-8-20(15-24(18)34-27(32-17-28)30-12-13-36-2)33-26(35)25-23(10-14-37-25)31-16-19-9-11-29-22-6-4-3-5-21(19)22/h3-11,14-15,31H,12-13,16H2,1-2H3,(H,33,35)(H2,30,32,34). The van der Waals surface area contributed by atoms with Gasteiger partial charge >= 0.3 is 0 Å². The number of hydrogen-bond acceptors (Lipinski definition) is 7. The highest BCUT2D eigenvalue weighted by Crippen LogP contribution is 2.27. The number of anilines is 3. The molecule has 188 valence electrons. The summed E-state index contributed by atoms with van der Waals surface area (Å²) in [5, 5.41) is 24.5. The third kappa shape index (κ3) is 6.61. The quantitative estimate of drug-likeness (QED) is 0.108. The van der Waals surface area contributed by atoms with Gasteiger partial charge in [-0.25, -0.2) is 0 Å². The maximum atomic E-state index is 13.2. The number of ether oxygens (including phenoxy) is 1. The number of amides is 1. The number of pyridine rings is 1. The molecular weight excluding hydrogens is 486 g/mol. The Kier molecular flexibility index (Phi) is 8.65. The Labute approximate surface area is 219 Å². The van der Waals surface area contributed by atoms with Crippen molar-refractivity contribution < 1.29 is 9.53 Å². The number of fused-ring (bicyclic) bond motifs is 1. The Hall–Kier alpha value is -4.46. The smallest absolute Gasteiger partial charge is 0.267 e. The highest BCUT2D eigenvalue weighted by molar-refractivity contribution is 7.12. The Bertz CT molecular complexity index is 1450. The van der Waals surface area contributed by atoms with Crippen LogP contribution in [0.25, 0.3) is 10.9 Å². The molecule has 0 fully saturated rings. The number of nitriles is 1. The van der Waals surface area contributed by atoms with Crippen LogP contribution in [0.2, 0.25) is 0 Å². The van der Waals surface area contributed by atoms with E-state index in [-0.39, 0.29) is 5.91 Å². The van der Waals surface area contributed by atoms with Crippen LogP contribution in [-0.4, -0.2) is 37.1 Å². The van der Waals surface area contributed by atoms with E-state index >= 15 is 0 Å². The van der Waals surface area contributed by atoms with Crippen LogP contribution in [0.15, 0.2) is 71.2 Å². The van der Waals surface area contributed by atoms with Crippen molar-refractivity contribution in [2.24, 2.45) is 4.99 Å². The number of para-hydroxylation sites is 1. The zero-order valence-corrected chi connectivity index (χ0v) is 21.4. The lowest BCUT2D eigenvalue weighted by Crippen LogP contribution is -2.33. The number of rotatable bonds is 9. The van der Waals surface area contributed by atoms with Gasteiger partial charge in [-0.05, 0) is 53.8 Å². The molecule has 0 radical (unpaired) electrons. The number of thiophene rings is 1. The van der Waals surface area contributed by atoms with E-state index in [4.69, 9.17) is 10.00 Å². The van der Waals surface area contributed by atoms with E-state index in [0.717, 1.165) is 27.7 Å². The van der Waals surface area contributed by atoms with Gasteiger partial charge in [0.1, 0.15) is 4.88 Å². The number of nitrogens with zero attached hydrogens (tertiary/aromatic N) is 3. The minimum absolute atomic E-state index is 0.212. The lowest BCUT2D eigenvalue weighted by Gasteiger charge is -2.15. The molecule has 1 amide bonds. The molecule has 0 bridgehead atoms. The number of carbonyl (C=O) groups is 1. The first-order valence-corrected chi connectivity index (χ1v) is 12.5. The van der Waals surface area contributed by atoms with E-state index in [2.05, 4.69) is 31.2 Å². The normalized spacial score (nSPS) is 11.1. The molecule has 0 atom stereocenters. The summed E-state index contributed by atoms with van der Waals surface area (Å²) >= 11 is 1.37. The maximum absolute atomic E-state index is 13.2. The van der Waals surface area contributed by atoms with Crippen molar-refractivity contribution in [1.82, 2.24) is 10.3 Å². The van der Waals surface area contributed by atoms with Gasteiger partial charge in [0, 0.05) is 43.2 Å². The van der Waals surface area contributed by atoms with Crippen LogP contribution in [-0.2, 0) is 11.3 Å². The summed E-state index contributed by atoms with van der Waals surface area (Å²) < 4.78 is 5.03. The molecule has 4 aromatic rings. The second-order valence-corrected chi connectivity index (χ2v) is 9.01. The number of methoxy groups -OCH3 is 1. The first-order valence-electron chi connectivity index (χ1n) is 11.6. The zero-order valence-electron chi connectivity index (χ0n) is 20.5. The Balaban J connectivity index is 1.45. The second-order valence-electron chi connectivity index (χ2n) is 8.09. The summed E-state index contributed by atoms with van der Waals surface area (Å²) in [6, 6.07) is 17.4. The molecule has 10 heteroatoms. The lowest BCUT2D eigenvalue weighted by atomic mass is 10.1. The minimum Gasteiger partial charge on any atom is -0.383 e. The SMILES string of the molecule is COCCN/C(=N\C#N)Nc1cc(NC(=O)c2sccc2NCc2ccnc3ccccc23)ccc1C. The van der Waals surface area contributed by atoms with E-state index in [9.17, 15) is 4.79 Å². The van der Waals surface area contributed by atoms with Gasteiger partial charge in [-0.1, -0.05) is 24.3 Å². The number of guanidine groups is 1. The minimum atomic E-state index is -0.212. The van der Waals surface area contributed by atoms with E-state index in [1.807, 2.05) is 66.9 Å². The van der Waals surface area contributed by atoms with E-state index in [1.165, 1.54) is 11.3 Å². The van der Waals surface area contributed by atoms with Gasteiger partial charge < -0.3 is 26.0 Å². The monoisotopic (exact) mass is 513 g/mol. The van der Waals surface area contributed by atoms with Crippen LogP contribution in [0.1, 0.15) is 20.8 Å². The van der Waals surface area contributed by atoms with Gasteiger partial charge in [0.05, 0.1) is 17.8 Å². The van der Waals surface area contributed by atoms with Gasteiger partial charge in [-0.2, -0.15) is 5.26 Å². The van der Waals surface area contributed by atoms with Crippen molar-refractivity contribution in [3.05, 3.63) is 82.2 Å². The summed E-state index contributed by atoms with van der Waals surface area (Å²) in [5.74, 6) is 0.0931.